The van der Waals surface area contributed by atoms with E-state index >= 15 is 0 Å². The van der Waals surface area contributed by atoms with Crippen LogP contribution in [0.1, 0.15) is 12.5 Å². The zero-order valence-corrected chi connectivity index (χ0v) is 9.17. The molecule has 1 N–H and O–H groups in total. The second-order valence-electron chi connectivity index (χ2n) is 3.56. The molecule has 0 fully saturated rings. The number of nitrogens with one attached hydrogen (secondary N) is 1. The number of hydrogen-bond donors (Lipinski definition) is 1. The van der Waals surface area contributed by atoms with Gasteiger partial charge in [-0.15, -0.1) is 0 Å². The molecule has 1 unspecified atom stereocenters. The lowest BCUT2D eigenvalue weighted by molar-refractivity contribution is 0.480. The molecule has 2 aliphatic rings. The van der Waals surface area contributed by atoms with Crippen LogP contribution < -0.4 is 10.1 Å². The van der Waals surface area contributed by atoms with Gasteiger partial charge < -0.3 is 10.1 Å². The number of para-hydroxylation sites is 1. The molecule has 0 spiro atoms. The van der Waals surface area contributed by atoms with Gasteiger partial charge >= 0.3 is 0 Å². The molecule has 0 amide bonds. The Morgan fingerprint density at radius 1 is 1.33 bits per heavy atom. The number of thioether (sulfide) groups is 1. The molecule has 0 aromatic heterocycles. The van der Waals surface area contributed by atoms with Crippen LogP contribution in [-0.4, -0.2) is 5.37 Å². The highest BCUT2D eigenvalue weighted by molar-refractivity contribution is 8.04. The molecule has 1 aromatic carbocycles. The third-order valence-electron chi connectivity index (χ3n) is 2.47. The number of fused-ring (bicyclic) bond motifs is 2. The molecule has 76 valence electrons. The predicted molar refractivity (Wildman–Crippen MR) is 63.3 cm³/mol. The van der Waals surface area contributed by atoms with E-state index in [0.717, 1.165) is 11.3 Å². The van der Waals surface area contributed by atoms with Gasteiger partial charge in [-0.25, -0.2) is 0 Å². The molecule has 2 nitrogen and oxygen atoms in total. The van der Waals surface area contributed by atoms with Gasteiger partial charge in [-0.1, -0.05) is 23.9 Å². The van der Waals surface area contributed by atoms with Crippen LogP contribution in [0.5, 0.6) is 5.75 Å². The van der Waals surface area contributed by atoms with Crippen LogP contribution in [0.25, 0.3) is 5.70 Å². The Morgan fingerprint density at radius 2 is 2.20 bits per heavy atom. The lowest BCUT2D eigenvalue weighted by Gasteiger charge is -2.10. The summed E-state index contributed by atoms with van der Waals surface area (Å²) in [5.74, 6) is 0.918. The van der Waals surface area contributed by atoms with E-state index < -0.39 is 0 Å². The van der Waals surface area contributed by atoms with E-state index in [4.69, 9.17) is 4.74 Å². The fraction of sp³-hybridized carbons (Fsp3) is 0.167. The lowest BCUT2D eigenvalue weighted by atomic mass is 10.1. The summed E-state index contributed by atoms with van der Waals surface area (Å²) in [4.78, 5) is 1.26. The Hall–Kier alpha value is -1.35. The SMILES string of the molecule is CC1NC2=C(C=COc3ccccc32)S1. The molecule has 0 bridgehead atoms. The molecule has 1 aromatic rings. The second kappa shape index (κ2) is 3.35. The second-order valence-corrected chi connectivity index (χ2v) is 4.94. The lowest BCUT2D eigenvalue weighted by Crippen LogP contribution is -2.15. The van der Waals surface area contributed by atoms with Crippen molar-refractivity contribution in [1.82, 2.24) is 5.32 Å². The van der Waals surface area contributed by atoms with Gasteiger partial charge in [0.1, 0.15) is 5.75 Å². The maximum Gasteiger partial charge on any atom is 0.135 e. The number of hydrogen-bond acceptors (Lipinski definition) is 3. The smallest absolute Gasteiger partial charge is 0.135 e. The van der Waals surface area contributed by atoms with Crippen LogP contribution in [0.4, 0.5) is 0 Å². The van der Waals surface area contributed by atoms with E-state index in [0.29, 0.717) is 5.37 Å². The highest BCUT2D eigenvalue weighted by Crippen LogP contribution is 2.40. The first kappa shape index (κ1) is 8.92. The van der Waals surface area contributed by atoms with Crippen molar-refractivity contribution in [3.8, 4) is 5.75 Å². The first-order chi connectivity index (χ1) is 7.34. The van der Waals surface area contributed by atoms with Crippen LogP contribution in [0.2, 0.25) is 0 Å². The summed E-state index contributed by atoms with van der Waals surface area (Å²) >= 11 is 1.83. The summed E-state index contributed by atoms with van der Waals surface area (Å²) in [7, 11) is 0. The van der Waals surface area contributed by atoms with E-state index in [2.05, 4.69) is 18.3 Å². The fourth-order valence-corrected chi connectivity index (χ4v) is 2.81. The zero-order chi connectivity index (χ0) is 10.3. The van der Waals surface area contributed by atoms with Gasteiger partial charge in [0.15, 0.2) is 0 Å². The van der Waals surface area contributed by atoms with Crippen LogP contribution in [-0.2, 0) is 0 Å². The molecule has 0 aliphatic carbocycles. The van der Waals surface area contributed by atoms with Crippen molar-refractivity contribution in [3.05, 3.63) is 47.1 Å². The highest BCUT2D eigenvalue weighted by atomic mass is 32.2. The topological polar surface area (TPSA) is 21.3 Å². The number of benzene rings is 1. The average Bonchev–Trinajstić information content (AvgIpc) is 2.52. The summed E-state index contributed by atoms with van der Waals surface area (Å²) in [6.07, 6.45) is 3.78. The van der Waals surface area contributed by atoms with Crippen molar-refractivity contribution in [1.29, 1.82) is 0 Å². The molecule has 3 heteroatoms. The van der Waals surface area contributed by atoms with E-state index in [-0.39, 0.29) is 0 Å². The van der Waals surface area contributed by atoms with Crippen molar-refractivity contribution in [3.63, 3.8) is 0 Å². The Kier molecular flexibility index (Phi) is 1.99. The van der Waals surface area contributed by atoms with Crippen molar-refractivity contribution in [2.24, 2.45) is 0 Å². The molecular weight excluding hydrogens is 206 g/mol. The van der Waals surface area contributed by atoms with Gasteiger partial charge in [0, 0.05) is 10.5 Å². The molecular formula is C12H11NOS. The summed E-state index contributed by atoms with van der Waals surface area (Å²) in [6.45, 7) is 2.16. The normalized spacial score (nSPS) is 22.6. The Balaban J connectivity index is 2.16. The van der Waals surface area contributed by atoms with E-state index in [9.17, 15) is 0 Å². The maximum atomic E-state index is 5.54. The van der Waals surface area contributed by atoms with Gasteiger partial charge in [-0.3, -0.25) is 0 Å². The predicted octanol–water partition coefficient (Wildman–Crippen LogP) is 2.94. The molecule has 2 aliphatic heterocycles. The van der Waals surface area contributed by atoms with Gasteiger partial charge in [-0.05, 0) is 25.1 Å². The number of rotatable bonds is 0. The largest absolute Gasteiger partial charge is 0.464 e. The Labute approximate surface area is 93.0 Å². The minimum absolute atomic E-state index is 0.436. The Bertz CT molecular complexity index is 464. The first-order valence-electron chi connectivity index (χ1n) is 4.95. The summed E-state index contributed by atoms with van der Waals surface area (Å²) in [5.41, 5.74) is 2.34. The zero-order valence-electron chi connectivity index (χ0n) is 8.36. The van der Waals surface area contributed by atoms with E-state index in [1.54, 1.807) is 6.26 Å². The molecule has 0 saturated heterocycles. The minimum atomic E-state index is 0.436. The van der Waals surface area contributed by atoms with Crippen LogP contribution in [0.15, 0.2) is 41.5 Å². The fourth-order valence-electron chi connectivity index (χ4n) is 1.83. The summed E-state index contributed by atoms with van der Waals surface area (Å²) in [6, 6.07) is 8.10. The van der Waals surface area contributed by atoms with E-state index in [1.165, 1.54) is 10.6 Å². The van der Waals surface area contributed by atoms with Crippen molar-refractivity contribution < 1.29 is 4.74 Å². The average molecular weight is 217 g/mol. The van der Waals surface area contributed by atoms with E-state index in [1.807, 2.05) is 36.0 Å². The quantitative estimate of drug-likeness (QED) is 0.722. The van der Waals surface area contributed by atoms with Crippen molar-refractivity contribution >= 4 is 17.5 Å². The van der Waals surface area contributed by atoms with Gasteiger partial charge in [-0.2, -0.15) is 0 Å². The Morgan fingerprint density at radius 3 is 3.13 bits per heavy atom. The molecule has 3 rings (SSSR count). The van der Waals surface area contributed by atoms with Gasteiger partial charge in [0.2, 0.25) is 0 Å². The van der Waals surface area contributed by atoms with Gasteiger partial charge in [0.25, 0.3) is 0 Å². The van der Waals surface area contributed by atoms with Gasteiger partial charge in [0.05, 0.1) is 17.3 Å². The van der Waals surface area contributed by atoms with Crippen molar-refractivity contribution in [2.75, 3.05) is 0 Å². The maximum absolute atomic E-state index is 5.54. The van der Waals surface area contributed by atoms with Crippen molar-refractivity contribution in [2.45, 2.75) is 12.3 Å². The minimum Gasteiger partial charge on any atom is -0.464 e. The van der Waals surface area contributed by atoms with Crippen LogP contribution in [0.3, 0.4) is 0 Å². The standard InChI is InChI=1S/C12H11NOS/c1-8-13-12-9-4-2-3-5-10(9)14-7-6-11(12)15-8/h2-8,13H,1H3. The molecule has 15 heavy (non-hydrogen) atoms. The molecule has 2 heterocycles. The monoisotopic (exact) mass is 217 g/mol. The number of allylic oxidation sites excluding steroid dienone is 1. The van der Waals surface area contributed by atoms with Crippen LogP contribution in [0, 0.1) is 0 Å². The molecule has 1 atom stereocenters. The third-order valence-corrected chi connectivity index (χ3v) is 3.53. The number of ether oxygens (including phenoxy) is 1. The third kappa shape index (κ3) is 1.43. The summed E-state index contributed by atoms with van der Waals surface area (Å²) in [5, 5.41) is 3.90. The van der Waals surface area contributed by atoms with Crippen LogP contribution >= 0.6 is 11.8 Å². The molecule has 0 radical (unpaired) electrons. The molecule has 0 saturated carbocycles. The first-order valence-corrected chi connectivity index (χ1v) is 5.82. The summed E-state index contributed by atoms with van der Waals surface area (Å²) < 4.78 is 5.54. The highest BCUT2D eigenvalue weighted by Gasteiger charge is 2.23.